The van der Waals surface area contributed by atoms with Gasteiger partial charge in [0, 0.05) is 20.4 Å². The van der Waals surface area contributed by atoms with E-state index in [0.717, 1.165) is 25.0 Å². The summed E-state index contributed by atoms with van der Waals surface area (Å²) in [5, 5.41) is 14.0. The third-order valence-corrected chi connectivity index (χ3v) is 3.11. The Morgan fingerprint density at radius 2 is 1.83 bits per heavy atom. The molecule has 0 spiro atoms. The molecule has 11 nitrogen and oxygen atoms in total. The highest BCUT2D eigenvalue weighted by atomic mass is 19.1. The number of nitrogens with one attached hydrogen (secondary N) is 1. The Bertz CT molecular complexity index is 678. The zero-order valence-electron chi connectivity index (χ0n) is 18.1. The van der Waals surface area contributed by atoms with Crippen LogP contribution in [0.25, 0.3) is 0 Å². The Kier molecular flexibility index (Phi) is 22.9. The average molecular weight is 439 g/mol. The fourth-order valence-corrected chi connectivity index (χ4v) is 2.06. The van der Waals surface area contributed by atoms with Gasteiger partial charge in [-0.05, 0) is 12.8 Å². The van der Waals surface area contributed by atoms with Crippen molar-refractivity contribution in [2.45, 2.75) is 45.4 Å². The van der Waals surface area contributed by atoms with Gasteiger partial charge in [0.2, 0.25) is 0 Å². The maximum Gasteiger partial charge on any atom is 0.330 e. The number of esters is 1. The predicted octanol–water partition coefficient (Wildman–Crippen LogP) is -0.252. The first kappa shape index (κ1) is 32.3. The number of aliphatic hydroxyl groups excluding tert-OH is 2. The molecule has 2 rings (SSSR count). The van der Waals surface area contributed by atoms with E-state index in [-0.39, 0.29) is 24.8 Å². The van der Waals surface area contributed by atoms with Crippen molar-refractivity contribution < 1.29 is 33.7 Å². The summed E-state index contributed by atoms with van der Waals surface area (Å²) in [5.74, 6) is -0.536. The van der Waals surface area contributed by atoms with Crippen LogP contribution >= 0.6 is 0 Å². The predicted molar refractivity (Wildman–Crippen MR) is 109 cm³/mol. The largest absolute Gasteiger partial charge is 0.462 e. The van der Waals surface area contributed by atoms with E-state index in [1.54, 1.807) is 0 Å². The smallest absolute Gasteiger partial charge is 0.330 e. The monoisotopic (exact) mass is 439 g/mol. The number of aromatic amines is 1. The topological polar surface area (TPSA) is 174 Å². The number of nitrogens with zero attached hydrogens (tertiary/aromatic N) is 1. The molecule has 0 radical (unpaired) electrons. The van der Waals surface area contributed by atoms with Gasteiger partial charge in [-0.15, -0.1) is 0 Å². The van der Waals surface area contributed by atoms with E-state index in [9.17, 15) is 23.6 Å². The van der Waals surface area contributed by atoms with Gasteiger partial charge in [-0.2, -0.15) is 0 Å². The Hall–Kier alpha value is -2.41. The minimum Gasteiger partial charge on any atom is -0.462 e. The maximum atomic E-state index is 11.7. The summed E-state index contributed by atoms with van der Waals surface area (Å²) >= 11 is 0. The van der Waals surface area contributed by atoms with Crippen molar-refractivity contribution in [2.75, 3.05) is 34.5 Å². The first-order chi connectivity index (χ1) is 14.5. The number of alkyl halides is 1. The van der Waals surface area contributed by atoms with Crippen LogP contribution in [-0.4, -0.2) is 72.7 Å². The van der Waals surface area contributed by atoms with Crippen LogP contribution in [0, 0.1) is 0 Å². The normalized spacial score (nSPS) is 16.0. The molecule has 2 heterocycles. The summed E-state index contributed by atoms with van der Waals surface area (Å²) in [6, 6.07) is 0. The zero-order chi connectivity index (χ0) is 24.1. The van der Waals surface area contributed by atoms with Gasteiger partial charge >= 0.3 is 11.7 Å². The maximum absolute atomic E-state index is 11.7. The van der Waals surface area contributed by atoms with Gasteiger partial charge in [0.1, 0.15) is 12.8 Å². The molecule has 0 amide bonds. The van der Waals surface area contributed by atoms with Crippen LogP contribution in [0.4, 0.5) is 4.39 Å². The van der Waals surface area contributed by atoms with Crippen LogP contribution in [0.15, 0.2) is 15.8 Å². The third-order valence-electron chi connectivity index (χ3n) is 3.11. The number of aldehydes is 1. The number of H-pyrrole nitrogens is 1. The fraction of sp³-hybridized carbons (Fsp3) is 0.667. The number of nitrogens with two attached hydrogens (primary N) is 1. The van der Waals surface area contributed by atoms with Crippen molar-refractivity contribution in [3.05, 3.63) is 32.6 Å². The highest BCUT2D eigenvalue weighted by molar-refractivity contribution is 5.73. The summed E-state index contributed by atoms with van der Waals surface area (Å²) in [6.45, 7) is 4.09. The van der Waals surface area contributed by atoms with Gasteiger partial charge in [-0.1, -0.05) is 20.3 Å². The molecule has 1 aliphatic rings. The molecule has 0 aliphatic carbocycles. The molecule has 1 saturated heterocycles. The first-order valence-electron chi connectivity index (χ1n) is 9.05. The van der Waals surface area contributed by atoms with Gasteiger partial charge in [0.05, 0.1) is 25.4 Å². The quantitative estimate of drug-likeness (QED) is 0.356. The average Bonchev–Trinajstić information content (AvgIpc) is 3.25. The van der Waals surface area contributed by atoms with E-state index in [1.807, 2.05) is 4.98 Å². The van der Waals surface area contributed by atoms with Crippen LogP contribution in [0.3, 0.4) is 0 Å². The van der Waals surface area contributed by atoms with Crippen molar-refractivity contribution >= 4 is 12.3 Å². The van der Waals surface area contributed by atoms with Gasteiger partial charge in [0.25, 0.3) is 5.56 Å². The van der Waals surface area contributed by atoms with E-state index in [2.05, 4.69) is 13.8 Å². The number of carbonyl (C=O) groups is 2. The lowest BCUT2D eigenvalue weighted by Crippen LogP contribution is -2.34. The fourth-order valence-electron chi connectivity index (χ4n) is 2.06. The van der Waals surface area contributed by atoms with Crippen LogP contribution in [0.1, 0.15) is 49.7 Å². The molecule has 176 valence electrons. The molecule has 1 aromatic heterocycles. The van der Waals surface area contributed by atoms with E-state index >= 15 is 0 Å². The Labute approximate surface area is 174 Å². The van der Waals surface area contributed by atoms with E-state index in [1.165, 1.54) is 6.42 Å². The summed E-state index contributed by atoms with van der Waals surface area (Å²) in [5.41, 5.74) is 3.56. The molecule has 1 aliphatic heterocycles. The van der Waals surface area contributed by atoms with Crippen molar-refractivity contribution in [1.82, 2.24) is 9.55 Å². The molecule has 30 heavy (non-hydrogen) atoms. The van der Waals surface area contributed by atoms with Crippen LogP contribution in [0.2, 0.25) is 0 Å². The van der Waals surface area contributed by atoms with E-state index in [0.29, 0.717) is 26.3 Å². The minimum absolute atomic E-state index is 0.0468. The standard InChI is InChI=1S/C12H15N3O6.C3H8.CH3F.2CH4O/c13-3-10(17)20-6-8-1-2-9(21-8)15-4-7(5-16)11(18)14-12(15)19;1-3-2;3*1-2/h4-5,8-9H,1-3,6,13H2,(H,14,18,19);3H2,1-2H3;1H3;2*2H,1H3. The molecule has 5 N–H and O–H groups in total. The van der Waals surface area contributed by atoms with Crippen LogP contribution in [0.5, 0.6) is 0 Å². The lowest BCUT2D eigenvalue weighted by molar-refractivity contribution is -0.146. The molecular formula is C18H34FN3O8. The molecule has 0 bridgehead atoms. The Balaban J connectivity index is -0.000000709. The van der Waals surface area contributed by atoms with Crippen molar-refractivity contribution in [1.29, 1.82) is 0 Å². The number of hydrogen-bond acceptors (Lipinski definition) is 9. The number of aliphatic hydroxyl groups is 2. The first-order valence-corrected chi connectivity index (χ1v) is 9.05. The molecule has 2 atom stereocenters. The minimum atomic E-state index is -0.738. The summed E-state index contributed by atoms with van der Waals surface area (Å²) in [4.78, 5) is 46.8. The van der Waals surface area contributed by atoms with Gasteiger partial charge in [0.15, 0.2) is 6.29 Å². The number of rotatable bonds is 5. The molecule has 1 fully saturated rings. The Morgan fingerprint density at radius 1 is 1.30 bits per heavy atom. The second-order valence-corrected chi connectivity index (χ2v) is 5.25. The van der Waals surface area contributed by atoms with Crippen molar-refractivity contribution in [2.24, 2.45) is 5.73 Å². The molecule has 12 heteroatoms. The summed E-state index contributed by atoms with van der Waals surface area (Å²) < 4.78 is 21.1. The number of halogens is 1. The molecule has 0 saturated carbocycles. The molecule has 0 aromatic carbocycles. The molecular weight excluding hydrogens is 405 g/mol. The van der Waals surface area contributed by atoms with Crippen LogP contribution < -0.4 is 17.0 Å². The van der Waals surface area contributed by atoms with Crippen molar-refractivity contribution in [3.8, 4) is 0 Å². The molecule has 2 unspecified atom stereocenters. The lowest BCUT2D eigenvalue weighted by atomic mass is 10.2. The summed E-state index contributed by atoms with van der Waals surface area (Å²) in [6.07, 6.45) is 2.87. The highest BCUT2D eigenvalue weighted by Crippen LogP contribution is 2.27. The van der Waals surface area contributed by atoms with Gasteiger partial charge < -0.3 is 25.4 Å². The number of ether oxygens (including phenoxy) is 2. The van der Waals surface area contributed by atoms with Crippen LogP contribution in [-0.2, 0) is 14.3 Å². The SMILES string of the molecule is CCC.CF.CO.CO.NCC(=O)OCC1CCC(n2cc(C=O)c(=O)[nH]c2=O)O1. The Morgan fingerprint density at radius 3 is 2.30 bits per heavy atom. The third kappa shape index (κ3) is 12.2. The number of hydrogen-bond donors (Lipinski definition) is 4. The lowest BCUT2D eigenvalue weighted by Gasteiger charge is -2.15. The van der Waals surface area contributed by atoms with Gasteiger partial charge in [-0.3, -0.25) is 28.3 Å². The van der Waals surface area contributed by atoms with E-state index in [4.69, 9.17) is 25.4 Å². The second kappa shape index (κ2) is 21.3. The van der Waals surface area contributed by atoms with Crippen molar-refractivity contribution in [3.63, 3.8) is 0 Å². The van der Waals surface area contributed by atoms with E-state index < -0.39 is 23.4 Å². The number of carbonyl (C=O) groups excluding carboxylic acids is 2. The highest BCUT2D eigenvalue weighted by Gasteiger charge is 2.28. The second-order valence-electron chi connectivity index (χ2n) is 5.25. The molecule has 1 aromatic rings. The number of aromatic nitrogens is 2. The zero-order valence-corrected chi connectivity index (χ0v) is 18.1. The summed E-state index contributed by atoms with van der Waals surface area (Å²) in [7, 11) is 2.50. The van der Waals surface area contributed by atoms with Gasteiger partial charge in [-0.25, -0.2) is 4.79 Å².